The molecule has 3 atom stereocenters. The molecule has 126 valence electrons. The highest BCUT2D eigenvalue weighted by Gasteiger charge is 2.44. The molecule has 1 aliphatic heterocycles. The maximum atomic E-state index is 13.1. The van der Waals surface area contributed by atoms with E-state index >= 15 is 0 Å². The molecule has 1 saturated heterocycles. The van der Waals surface area contributed by atoms with Gasteiger partial charge >= 0.3 is 0 Å². The molecule has 2 bridgehead atoms. The zero-order chi connectivity index (χ0) is 16.5. The second-order valence-corrected chi connectivity index (χ2v) is 6.36. The van der Waals surface area contributed by atoms with Gasteiger partial charge in [0, 0.05) is 18.5 Å². The molecule has 4 rings (SSSR count). The summed E-state index contributed by atoms with van der Waals surface area (Å²) in [5.41, 5.74) is 1.34. The number of amides is 1. The maximum Gasteiger partial charge on any atom is 0.272 e. The molecule has 2 heterocycles. The molecule has 24 heavy (non-hydrogen) atoms. The summed E-state index contributed by atoms with van der Waals surface area (Å²) in [5, 5.41) is 1.04. The molecule has 2 aromatic rings. The standard InChI is InChI=1S/C19H22N2O3/c1-2-23-18-16-9-10-17(18)24-12-11-21(16)19(22)15-8-7-13-5-3-4-6-14(13)20-15/h3-8,16-18H,2,9-12H2,1H3. The Morgan fingerprint density at radius 2 is 2.17 bits per heavy atom. The van der Waals surface area contributed by atoms with Gasteiger partial charge in [-0.3, -0.25) is 4.79 Å². The average Bonchev–Trinajstić information content (AvgIpc) is 2.90. The van der Waals surface area contributed by atoms with E-state index in [9.17, 15) is 4.79 Å². The van der Waals surface area contributed by atoms with Gasteiger partial charge in [0.1, 0.15) is 11.8 Å². The van der Waals surface area contributed by atoms with Crippen LogP contribution >= 0.6 is 0 Å². The van der Waals surface area contributed by atoms with E-state index in [1.165, 1.54) is 0 Å². The summed E-state index contributed by atoms with van der Waals surface area (Å²) < 4.78 is 11.8. The summed E-state index contributed by atoms with van der Waals surface area (Å²) in [6.07, 6.45) is 1.96. The van der Waals surface area contributed by atoms with Crippen LogP contribution in [0.3, 0.4) is 0 Å². The van der Waals surface area contributed by atoms with Crippen LogP contribution in [0.1, 0.15) is 30.3 Å². The molecule has 2 fully saturated rings. The van der Waals surface area contributed by atoms with Crippen LogP contribution in [-0.4, -0.2) is 53.8 Å². The number of carbonyl (C=O) groups excluding carboxylic acids is 1. The van der Waals surface area contributed by atoms with Gasteiger partial charge in [0.15, 0.2) is 0 Å². The number of pyridine rings is 1. The molecule has 1 amide bonds. The minimum atomic E-state index is -0.0263. The Balaban J connectivity index is 1.64. The number of aromatic nitrogens is 1. The minimum absolute atomic E-state index is 0.0260. The highest BCUT2D eigenvalue weighted by molar-refractivity contribution is 5.95. The lowest BCUT2D eigenvalue weighted by Gasteiger charge is -2.30. The predicted molar refractivity (Wildman–Crippen MR) is 91.0 cm³/mol. The van der Waals surface area contributed by atoms with E-state index in [1.807, 2.05) is 48.2 Å². The Labute approximate surface area is 141 Å². The molecule has 0 radical (unpaired) electrons. The third-order valence-corrected chi connectivity index (χ3v) is 4.99. The molecule has 1 aromatic heterocycles. The summed E-state index contributed by atoms with van der Waals surface area (Å²) in [7, 11) is 0. The Morgan fingerprint density at radius 1 is 1.29 bits per heavy atom. The van der Waals surface area contributed by atoms with Gasteiger partial charge in [0.05, 0.1) is 24.3 Å². The number of hydrogen-bond acceptors (Lipinski definition) is 4. The number of ether oxygens (including phenoxy) is 2. The van der Waals surface area contributed by atoms with E-state index in [2.05, 4.69) is 4.98 Å². The van der Waals surface area contributed by atoms with Crippen LogP contribution < -0.4 is 0 Å². The van der Waals surface area contributed by atoms with Gasteiger partial charge < -0.3 is 14.4 Å². The largest absolute Gasteiger partial charge is 0.374 e. The molecule has 1 aliphatic carbocycles. The van der Waals surface area contributed by atoms with Gasteiger partial charge in [-0.05, 0) is 31.9 Å². The summed E-state index contributed by atoms with van der Waals surface area (Å²) in [5.74, 6) is -0.0263. The number of fused-ring (bicyclic) bond motifs is 3. The second-order valence-electron chi connectivity index (χ2n) is 6.36. The van der Waals surface area contributed by atoms with Crippen LogP contribution in [0.2, 0.25) is 0 Å². The van der Waals surface area contributed by atoms with Crippen molar-refractivity contribution < 1.29 is 14.3 Å². The molecule has 3 unspecified atom stereocenters. The number of carbonyl (C=O) groups is 1. The molecule has 0 N–H and O–H groups in total. The molecular formula is C19H22N2O3. The topological polar surface area (TPSA) is 51.7 Å². The quantitative estimate of drug-likeness (QED) is 0.870. The van der Waals surface area contributed by atoms with Crippen molar-refractivity contribution in [2.45, 2.75) is 38.0 Å². The van der Waals surface area contributed by atoms with Crippen molar-refractivity contribution in [1.82, 2.24) is 9.88 Å². The van der Waals surface area contributed by atoms with Crippen molar-refractivity contribution in [2.75, 3.05) is 19.8 Å². The van der Waals surface area contributed by atoms with Crippen LogP contribution in [0.15, 0.2) is 36.4 Å². The lowest BCUT2D eigenvalue weighted by molar-refractivity contribution is -0.0484. The molecule has 1 aromatic carbocycles. The first-order valence-corrected chi connectivity index (χ1v) is 8.68. The molecule has 5 nitrogen and oxygen atoms in total. The summed E-state index contributed by atoms with van der Waals surface area (Å²) in [6.45, 7) is 3.78. The molecule has 2 aliphatic rings. The highest BCUT2D eigenvalue weighted by Crippen LogP contribution is 2.32. The number of para-hydroxylation sites is 1. The van der Waals surface area contributed by atoms with E-state index in [1.54, 1.807) is 0 Å². The zero-order valence-corrected chi connectivity index (χ0v) is 13.9. The van der Waals surface area contributed by atoms with Crippen molar-refractivity contribution in [1.29, 1.82) is 0 Å². The van der Waals surface area contributed by atoms with Crippen LogP contribution in [0.5, 0.6) is 0 Å². The Hall–Kier alpha value is -1.98. The van der Waals surface area contributed by atoms with Crippen molar-refractivity contribution in [2.24, 2.45) is 0 Å². The normalized spacial score (nSPS) is 26.5. The monoisotopic (exact) mass is 326 g/mol. The Kier molecular flexibility index (Phi) is 4.21. The fourth-order valence-corrected chi connectivity index (χ4v) is 3.89. The number of nitrogens with zero attached hydrogens (tertiary/aromatic N) is 2. The fraction of sp³-hybridized carbons (Fsp3) is 0.474. The van der Waals surface area contributed by atoms with Gasteiger partial charge in [0.25, 0.3) is 5.91 Å². The first-order valence-electron chi connectivity index (χ1n) is 8.68. The first-order chi connectivity index (χ1) is 11.8. The van der Waals surface area contributed by atoms with Gasteiger partial charge in [0.2, 0.25) is 0 Å². The molecule has 1 saturated carbocycles. The fourth-order valence-electron chi connectivity index (χ4n) is 3.89. The smallest absolute Gasteiger partial charge is 0.272 e. The van der Waals surface area contributed by atoms with E-state index in [4.69, 9.17) is 9.47 Å². The molecule has 0 spiro atoms. The lowest BCUT2D eigenvalue weighted by Crippen LogP contribution is -2.46. The minimum Gasteiger partial charge on any atom is -0.374 e. The number of hydrogen-bond donors (Lipinski definition) is 0. The summed E-state index contributed by atoms with van der Waals surface area (Å²) in [6, 6.07) is 11.7. The van der Waals surface area contributed by atoms with Crippen molar-refractivity contribution in [3.8, 4) is 0 Å². The van der Waals surface area contributed by atoms with Crippen LogP contribution in [-0.2, 0) is 9.47 Å². The Bertz CT molecular complexity index is 748. The molecular weight excluding hydrogens is 304 g/mol. The average molecular weight is 326 g/mol. The van der Waals surface area contributed by atoms with Gasteiger partial charge in [-0.2, -0.15) is 0 Å². The van der Waals surface area contributed by atoms with E-state index < -0.39 is 0 Å². The Morgan fingerprint density at radius 3 is 3.04 bits per heavy atom. The van der Waals surface area contributed by atoms with Crippen molar-refractivity contribution >= 4 is 16.8 Å². The predicted octanol–water partition coefficient (Wildman–Crippen LogP) is 2.64. The van der Waals surface area contributed by atoms with Crippen molar-refractivity contribution in [3.05, 3.63) is 42.1 Å². The van der Waals surface area contributed by atoms with E-state index in [-0.39, 0.29) is 24.2 Å². The van der Waals surface area contributed by atoms with Gasteiger partial charge in [-0.1, -0.05) is 24.3 Å². The first kappa shape index (κ1) is 15.5. The second kappa shape index (κ2) is 6.49. The molecule has 5 heteroatoms. The van der Waals surface area contributed by atoms with Crippen LogP contribution in [0.25, 0.3) is 10.9 Å². The SMILES string of the molecule is CCOC1C2CCC1N(C(=O)c1ccc3ccccc3n1)CCO2. The number of rotatable bonds is 3. The summed E-state index contributed by atoms with van der Waals surface area (Å²) in [4.78, 5) is 19.6. The van der Waals surface area contributed by atoms with Crippen LogP contribution in [0, 0.1) is 0 Å². The van der Waals surface area contributed by atoms with Gasteiger partial charge in [-0.25, -0.2) is 4.98 Å². The highest BCUT2D eigenvalue weighted by atomic mass is 16.5. The van der Waals surface area contributed by atoms with E-state index in [0.717, 1.165) is 23.7 Å². The van der Waals surface area contributed by atoms with Crippen molar-refractivity contribution in [3.63, 3.8) is 0 Å². The maximum absolute atomic E-state index is 13.1. The lowest BCUT2D eigenvalue weighted by atomic mass is 10.1. The zero-order valence-electron chi connectivity index (χ0n) is 13.9. The third-order valence-electron chi connectivity index (χ3n) is 4.99. The third kappa shape index (κ3) is 2.68. The van der Waals surface area contributed by atoms with Gasteiger partial charge in [-0.15, -0.1) is 0 Å². The van der Waals surface area contributed by atoms with Crippen LogP contribution in [0.4, 0.5) is 0 Å². The number of benzene rings is 1. The summed E-state index contributed by atoms with van der Waals surface area (Å²) >= 11 is 0. The van der Waals surface area contributed by atoms with E-state index in [0.29, 0.717) is 25.5 Å².